The van der Waals surface area contributed by atoms with Crippen LogP contribution in [0.4, 0.5) is 0 Å². The van der Waals surface area contributed by atoms with Crippen LogP contribution in [0.2, 0.25) is 0 Å². The first-order valence-electron chi connectivity index (χ1n) is 9.34. The average Bonchev–Trinajstić information content (AvgIpc) is 3.49. The number of thiophene rings is 2. The molecule has 8 rings (SSSR count). The smallest absolute Gasteiger partial charge is 0.148 e. The molecule has 140 valence electrons. The summed E-state index contributed by atoms with van der Waals surface area (Å²) in [5, 5.41) is 10.7. The number of nitrogens with zero attached hydrogens (tertiary/aromatic N) is 4. The van der Waals surface area contributed by atoms with E-state index in [9.17, 15) is 0 Å². The first-order chi connectivity index (χ1) is 14.7. The average molecular weight is 457 g/mol. The Balaban J connectivity index is 1.76. The van der Waals surface area contributed by atoms with Crippen LogP contribution in [0, 0.1) is 9.28 Å². The predicted molar refractivity (Wildman–Crippen MR) is 131 cm³/mol. The van der Waals surface area contributed by atoms with Gasteiger partial charge in [-0.15, -0.1) is 22.7 Å². The molecule has 0 aliphatic heterocycles. The Morgan fingerprint density at radius 1 is 0.600 bits per heavy atom. The number of rotatable bonds is 0. The summed E-state index contributed by atoms with van der Waals surface area (Å²) < 4.78 is 5.81. The van der Waals surface area contributed by atoms with Crippen LogP contribution in [0.25, 0.3) is 64.3 Å². The molecule has 8 aromatic rings. The first-order valence-corrected chi connectivity index (χ1v) is 11.9. The summed E-state index contributed by atoms with van der Waals surface area (Å²) in [6.07, 6.45) is 0. The highest BCUT2D eigenvalue weighted by Gasteiger charge is 2.20. The van der Waals surface area contributed by atoms with Gasteiger partial charge in [0, 0.05) is 32.3 Å². The summed E-state index contributed by atoms with van der Waals surface area (Å²) in [5.41, 5.74) is 3.98. The van der Waals surface area contributed by atoms with Gasteiger partial charge in [0.05, 0.1) is 11.0 Å². The molecule has 30 heavy (non-hydrogen) atoms. The monoisotopic (exact) mass is 456 g/mol. The summed E-state index contributed by atoms with van der Waals surface area (Å²) >= 11 is 15.2. The number of benzene rings is 2. The van der Waals surface area contributed by atoms with Crippen molar-refractivity contribution >= 4 is 111 Å². The second-order valence-electron chi connectivity index (χ2n) is 7.45. The van der Waals surface area contributed by atoms with Gasteiger partial charge in [-0.2, -0.15) is 0 Å². The van der Waals surface area contributed by atoms with E-state index in [1.807, 2.05) is 0 Å². The van der Waals surface area contributed by atoms with Gasteiger partial charge in [-0.05, 0) is 35.0 Å². The van der Waals surface area contributed by atoms with E-state index < -0.39 is 0 Å². The van der Waals surface area contributed by atoms with Crippen LogP contribution in [0.5, 0.6) is 0 Å². The lowest BCUT2D eigenvalue weighted by Crippen LogP contribution is -1.96. The van der Waals surface area contributed by atoms with Crippen LogP contribution < -0.4 is 0 Å². The SMILES string of the molecule is S=c1c2ccc3c(=S)n4c5ccsc5nc4c4ccc(c2c34)c2nc3sccc3n12. The molecule has 2 aromatic carbocycles. The zero-order valence-corrected chi connectivity index (χ0v) is 18.3. The Morgan fingerprint density at radius 2 is 1.03 bits per heavy atom. The fraction of sp³-hybridized carbons (Fsp3) is 0. The van der Waals surface area contributed by atoms with Crippen molar-refractivity contribution in [3.05, 3.63) is 56.4 Å². The largest absolute Gasteiger partial charge is 0.281 e. The zero-order chi connectivity index (χ0) is 19.7. The van der Waals surface area contributed by atoms with Gasteiger partial charge in [-0.25, -0.2) is 9.97 Å². The summed E-state index contributed by atoms with van der Waals surface area (Å²) in [7, 11) is 0. The lowest BCUT2D eigenvalue weighted by molar-refractivity contribution is 1.23. The lowest BCUT2D eigenvalue weighted by atomic mass is 9.97. The Morgan fingerprint density at radius 3 is 1.50 bits per heavy atom. The molecule has 0 unspecified atom stereocenters. The standard InChI is InChI=1S/C22H8N4S4/c27-21-11-3-4-12-16-10(18-24-20-14(6-8-30-20)26(18)22(12)28)2-1-9(15(11)16)17-23-19-13(25(17)21)5-7-29-19/h1-8H. The van der Waals surface area contributed by atoms with Gasteiger partial charge in [-0.1, -0.05) is 36.6 Å². The minimum atomic E-state index is 0.794. The van der Waals surface area contributed by atoms with E-state index in [4.69, 9.17) is 34.4 Å². The van der Waals surface area contributed by atoms with Gasteiger partial charge in [0.2, 0.25) is 0 Å². The van der Waals surface area contributed by atoms with Gasteiger partial charge in [-0.3, -0.25) is 8.80 Å². The molecule has 0 aliphatic rings. The highest BCUT2D eigenvalue weighted by Crippen LogP contribution is 2.41. The molecule has 0 bridgehead atoms. The molecule has 0 amide bonds. The van der Waals surface area contributed by atoms with Crippen molar-refractivity contribution in [1.82, 2.24) is 18.8 Å². The van der Waals surface area contributed by atoms with Crippen LogP contribution in [-0.4, -0.2) is 18.8 Å². The molecule has 0 saturated heterocycles. The summed E-state index contributed by atoms with van der Waals surface area (Å²) in [4.78, 5) is 11.9. The number of aromatic nitrogens is 4. The number of imidazole rings is 2. The molecule has 0 spiro atoms. The maximum Gasteiger partial charge on any atom is 0.148 e. The van der Waals surface area contributed by atoms with Crippen LogP contribution in [-0.2, 0) is 0 Å². The van der Waals surface area contributed by atoms with E-state index in [2.05, 4.69) is 56.0 Å². The molecular weight excluding hydrogens is 449 g/mol. The fourth-order valence-electron chi connectivity index (χ4n) is 4.86. The molecule has 4 nitrogen and oxygen atoms in total. The molecule has 6 aromatic heterocycles. The van der Waals surface area contributed by atoms with Crippen molar-refractivity contribution in [2.75, 3.05) is 0 Å². The second-order valence-corrected chi connectivity index (χ2v) is 10.0. The van der Waals surface area contributed by atoms with Crippen molar-refractivity contribution in [2.45, 2.75) is 0 Å². The normalized spacial score (nSPS) is 12.9. The maximum atomic E-state index is 5.96. The maximum absolute atomic E-state index is 5.96. The summed E-state index contributed by atoms with van der Waals surface area (Å²) in [5.74, 6) is 0. The molecule has 0 fully saturated rings. The second kappa shape index (κ2) is 5.09. The molecule has 0 atom stereocenters. The molecule has 0 radical (unpaired) electrons. The molecule has 0 N–H and O–H groups in total. The topological polar surface area (TPSA) is 34.6 Å². The Labute approximate surface area is 185 Å². The molecular formula is C22H8N4S4. The van der Waals surface area contributed by atoms with E-state index >= 15 is 0 Å². The molecule has 0 saturated carbocycles. The van der Waals surface area contributed by atoms with Crippen LogP contribution >= 0.6 is 47.1 Å². The van der Waals surface area contributed by atoms with E-state index in [1.165, 1.54) is 0 Å². The van der Waals surface area contributed by atoms with Crippen molar-refractivity contribution in [1.29, 1.82) is 0 Å². The van der Waals surface area contributed by atoms with Gasteiger partial charge in [0.15, 0.2) is 0 Å². The zero-order valence-electron chi connectivity index (χ0n) is 15.0. The van der Waals surface area contributed by atoms with Crippen LogP contribution in [0.15, 0.2) is 47.2 Å². The minimum absolute atomic E-state index is 0.794. The molecule has 0 aliphatic carbocycles. The Kier molecular flexibility index (Phi) is 2.71. The fourth-order valence-corrected chi connectivity index (χ4v) is 7.06. The number of hydrogen-bond acceptors (Lipinski definition) is 6. The highest BCUT2D eigenvalue weighted by molar-refractivity contribution is 7.71. The number of fused-ring (bicyclic) bond motifs is 8. The van der Waals surface area contributed by atoms with Crippen molar-refractivity contribution in [3.63, 3.8) is 0 Å². The first kappa shape index (κ1) is 16.0. The summed E-state index contributed by atoms with van der Waals surface area (Å²) in [6, 6.07) is 12.7. The van der Waals surface area contributed by atoms with E-state index in [0.717, 1.165) is 73.6 Å². The Bertz CT molecular complexity index is 1960. The van der Waals surface area contributed by atoms with Crippen molar-refractivity contribution in [3.8, 4) is 0 Å². The highest BCUT2D eigenvalue weighted by atomic mass is 32.1. The van der Waals surface area contributed by atoms with E-state index in [1.54, 1.807) is 22.7 Å². The van der Waals surface area contributed by atoms with Crippen molar-refractivity contribution in [2.24, 2.45) is 0 Å². The van der Waals surface area contributed by atoms with Gasteiger partial charge >= 0.3 is 0 Å². The van der Waals surface area contributed by atoms with Crippen molar-refractivity contribution < 1.29 is 0 Å². The van der Waals surface area contributed by atoms with E-state index in [0.29, 0.717) is 0 Å². The van der Waals surface area contributed by atoms with Gasteiger partial charge < -0.3 is 0 Å². The van der Waals surface area contributed by atoms with Crippen LogP contribution in [0.3, 0.4) is 0 Å². The molecule has 8 heteroatoms. The number of hydrogen-bond donors (Lipinski definition) is 0. The van der Waals surface area contributed by atoms with Crippen LogP contribution in [0.1, 0.15) is 0 Å². The quantitative estimate of drug-likeness (QED) is 0.178. The predicted octanol–water partition coefficient (Wildman–Crippen LogP) is 7.21. The number of pyridine rings is 2. The minimum Gasteiger partial charge on any atom is -0.281 e. The van der Waals surface area contributed by atoms with E-state index in [-0.39, 0.29) is 0 Å². The third-order valence-corrected chi connectivity index (χ3v) is 8.48. The van der Waals surface area contributed by atoms with Gasteiger partial charge in [0.25, 0.3) is 0 Å². The van der Waals surface area contributed by atoms with Gasteiger partial charge in [0.1, 0.15) is 30.2 Å². The molecule has 6 heterocycles. The Hall–Kier alpha value is -2.78. The lowest BCUT2D eigenvalue weighted by Gasteiger charge is -2.13. The third kappa shape index (κ3) is 1.63. The third-order valence-electron chi connectivity index (χ3n) is 6.08. The summed E-state index contributed by atoms with van der Waals surface area (Å²) in [6.45, 7) is 0.